The van der Waals surface area contributed by atoms with Gasteiger partial charge in [0.2, 0.25) is 0 Å². The Kier molecular flexibility index (Phi) is 4.98. The van der Waals surface area contributed by atoms with E-state index in [0.717, 1.165) is 29.6 Å². The number of anilines is 1. The molecule has 1 aliphatic rings. The minimum absolute atomic E-state index is 0.0487. The van der Waals surface area contributed by atoms with E-state index in [1.807, 2.05) is 47.4 Å². The van der Waals surface area contributed by atoms with E-state index in [1.165, 1.54) is 0 Å². The number of aliphatic imine (C=N–C) groups is 1. The summed E-state index contributed by atoms with van der Waals surface area (Å²) in [6, 6.07) is 16.2. The van der Waals surface area contributed by atoms with Gasteiger partial charge in [-0.05, 0) is 30.7 Å². The maximum absolute atomic E-state index is 12.6. The molecule has 0 radical (unpaired) electrons. The summed E-state index contributed by atoms with van der Waals surface area (Å²) in [5, 5.41) is 10.4. The highest BCUT2D eigenvalue weighted by Crippen LogP contribution is 2.25. The van der Waals surface area contributed by atoms with Crippen molar-refractivity contribution in [3.8, 4) is 5.75 Å². The average molecular weight is 326 g/mol. The number of phenols is 1. The van der Waals surface area contributed by atoms with Crippen LogP contribution in [-0.4, -0.2) is 34.9 Å². The molecule has 0 fully saturated rings. The molecule has 0 saturated heterocycles. The van der Waals surface area contributed by atoms with E-state index in [2.05, 4.69) is 4.99 Å². The van der Waals surface area contributed by atoms with Crippen molar-refractivity contribution in [2.24, 2.45) is 4.99 Å². The summed E-state index contributed by atoms with van der Waals surface area (Å²) in [4.78, 5) is 19.1. The Hall–Kier alpha value is -2.27. The Bertz CT molecular complexity index is 699. The van der Waals surface area contributed by atoms with Crippen molar-refractivity contribution >= 4 is 28.4 Å². The molecule has 23 heavy (non-hydrogen) atoms. The third kappa shape index (κ3) is 3.93. The molecule has 1 aliphatic heterocycles. The summed E-state index contributed by atoms with van der Waals surface area (Å²) >= 11 is 1.67. The van der Waals surface area contributed by atoms with Gasteiger partial charge in [0.05, 0.1) is 6.54 Å². The van der Waals surface area contributed by atoms with Crippen LogP contribution < -0.4 is 4.90 Å². The number of hydrogen-bond acceptors (Lipinski definition) is 5. The third-order valence-corrected chi connectivity index (χ3v) is 4.67. The number of aromatic hydroxyl groups is 1. The van der Waals surface area contributed by atoms with E-state index in [-0.39, 0.29) is 18.1 Å². The standard InChI is InChI=1S/C18H18N2O2S/c21-16-9-7-15(8-10-16)20(18-19-11-4-12-23-18)13-17(22)14-5-2-1-3-6-14/h1-3,5-10,21H,4,11-13H2. The third-order valence-electron chi connectivity index (χ3n) is 3.57. The quantitative estimate of drug-likeness (QED) is 0.873. The highest BCUT2D eigenvalue weighted by atomic mass is 32.2. The minimum atomic E-state index is 0.0487. The molecule has 1 heterocycles. The zero-order valence-electron chi connectivity index (χ0n) is 12.7. The van der Waals surface area contributed by atoms with Crippen molar-refractivity contribution < 1.29 is 9.90 Å². The molecular formula is C18H18N2O2S. The number of hydrogen-bond donors (Lipinski definition) is 1. The van der Waals surface area contributed by atoms with Crippen LogP contribution in [0.4, 0.5) is 5.69 Å². The number of ketones is 1. The molecule has 0 unspecified atom stereocenters. The van der Waals surface area contributed by atoms with Crippen molar-refractivity contribution in [1.82, 2.24) is 0 Å². The Morgan fingerprint density at radius 2 is 1.87 bits per heavy atom. The molecule has 0 atom stereocenters. The van der Waals surface area contributed by atoms with E-state index >= 15 is 0 Å². The number of carbonyl (C=O) groups excluding carboxylic acids is 1. The van der Waals surface area contributed by atoms with Gasteiger partial charge in [0.15, 0.2) is 11.0 Å². The predicted molar refractivity (Wildman–Crippen MR) is 95.6 cm³/mol. The van der Waals surface area contributed by atoms with Crippen molar-refractivity contribution in [2.45, 2.75) is 6.42 Å². The van der Waals surface area contributed by atoms with Crippen LogP contribution in [0.5, 0.6) is 5.75 Å². The van der Waals surface area contributed by atoms with Crippen LogP contribution in [0.1, 0.15) is 16.8 Å². The maximum Gasteiger partial charge on any atom is 0.182 e. The van der Waals surface area contributed by atoms with Crippen LogP contribution in [0.2, 0.25) is 0 Å². The predicted octanol–water partition coefficient (Wildman–Crippen LogP) is 3.57. The van der Waals surface area contributed by atoms with Crippen LogP contribution in [-0.2, 0) is 0 Å². The van der Waals surface area contributed by atoms with E-state index in [0.29, 0.717) is 5.56 Å². The first-order valence-electron chi connectivity index (χ1n) is 7.56. The molecule has 0 aromatic heterocycles. The van der Waals surface area contributed by atoms with Gasteiger partial charge in [-0.2, -0.15) is 0 Å². The first-order valence-corrected chi connectivity index (χ1v) is 8.55. The largest absolute Gasteiger partial charge is 0.508 e. The number of phenolic OH excluding ortho intramolecular Hbond substituents is 1. The van der Waals surface area contributed by atoms with Gasteiger partial charge in [0, 0.05) is 23.5 Å². The van der Waals surface area contributed by atoms with E-state index in [1.54, 1.807) is 23.9 Å². The molecule has 118 valence electrons. The molecule has 0 saturated carbocycles. The first kappa shape index (κ1) is 15.6. The van der Waals surface area contributed by atoms with E-state index < -0.39 is 0 Å². The molecule has 3 rings (SSSR count). The summed E-state index contributed by atoms with van der Waals surface area (Å²) < 4.78 is 0. The van der Waals surface area contributed by atoms with Crippen LogP contribution in [0.25, 0.3) is 0 Å². The zero-order chi connectivity index (χ0) is 16.1. The molecule has 4 nitrogen and oxygen atoms in total. The Balaban J connectivity index is 1.87. The van der Waals surface area contributed by atoms with E-state index in [9.17, 15) is 9.90 Å². The SMILES string of the molecule is O=C(CN(C1=NCCCS1)c1ccc(O)cc1)c1ccccc1. The Morgan fingerprint density at radius 3 is 2.52 bits per heavy atom. The Morgan fingerprint density at radius 1 is 1.13 bits per heavy atom. The lowest BCUT2D eigenvalue weighted by Crippen LogP contribution is -2.35. The second-order valence-electron chi connectivity index (χ2n) is 5.26. The van der Waals surface area contributed by atoms with Crippen LogP contribution >= 0.6 is 11.8 Å². The summed E-state index contributed by atoms with van der Waals surface area (Å²) in [7, 11) is 0. The molecule has 0 aliphatic carbocycles. The van der Waals surface area contributed by atoms with E-state index in [4.69, 9.17) is 0 Å². The fourth-order valence-corrected chi connectivity index (χ4v) is 3.34. The van der Waals surface area contributed by atoms with Crippen LogP contribution in [0.3, 0.4) is 0 Å². The van der Waals surface area contributed by atoms with Gasteiger partial charge < -0.3 is 10.0 Å². The smallest absolute Gasteiger partial charge is 0.182 e. The monoisotopic (exact) mass is 326 g/mol. The number of carbonyl (C=O) groups is 1. The molecule has 5 heteroatoms. The zero-order valence-corrected chi connectivity index (χ0v) is 13.5. The van der Waals surface area contributed by atoms with Crippen molar-refractivity contribution in [3.05, 3.63) is 60.2 Å². The van der Waals surface area contributed by atoms with Crippen molar-refractivity contribution in [2.75, 3.05) is 23.7 Å². The molecule has 0 bridgehead atoms. The van der Waals surface area contributed by atoms with Gasteiger partial charge in [-0.1, -0.05) is 42.1 Å². The second-order valence-corrected chi connectivity index (χ2v) is 6.32. The van der Waals surface area contributed by atoms with Gasteiger partial charge >= 0.3 is 0 Å². The number of nitrogens with zero attached hydrogens (tertiary/aromatic N) is 2. The highest BCUT2D eigenvalue weighted by Gasteiger charge is 2.20. The molecule has 2 aromatic carbocycles. The average Bonchev–Trinajstić information content (AvgIpc) is 2.62. The number of amidine groups is 1. The normalized spacial score (nSPS) is 14.2. The lowest BCUT2D eigenvalue weighted by Gasteiger charge is -2.27. The van der Waals surface area contributed by atoms with Crippen molar-refractivity contribution in [3.63, 3.8) is 0 Å². The molecular weight excluding hydrogens is 308 g/mol. The summed E-state index contributed by atoms with van der Waals surface area (Å²) in [5.41, 5.74) is 1.55. The summed E-state index contributed by atoms with van der Waals surface area (Å²) in [6.45, 7) is 1.02. The van der Waals surface area contributed by atoms with Gasteiger partial charge in [-0.25, -0.2) is 0 Å². The summed E-state index contributed by atoms with van der Waals surface area (Å²) in [5.74, 6) is 1.27. The number of Topliss-reactive ketones (excluding diaryl/α,β-unsaturated/α-hetero) is 1. The molecule has 0 spiro atoms. The highest BCUT2D eigenvalue weighted by molar-refractivity contribution is 8.14. The number of rotatable bonds is 4. The lowest BCUT2D eigenvalue weighted by atomic mass is 10.1. The fourth-order valence-electron chi connectivity index (χ4n) is 2.37. The Labute approximate surface area is 139 Å². The minimum Gasteiger partial charge on any atom is -0.508 e. The van der Waals surface area contributed by atoms with Crippen molar-refractivity contribution in [1.29, 1.82) is 0 Å². The van der Waals surface area contributed by atoms with Gasteiger partial charge in [0.1, 0.15) is 5.75 Å². The molecule has 1 N–H and O–H groups in total. The summed E-state index contributed by atoms with van der Waals surface area (Å²) in [6.07, 6.45) is 1.06. The van der Waals surface area contributed by atoms with Gasteiger partial charge in [-0.15, -0.1) is 0 Å². The number of benzene rings is 2. The van der Waals surface area contributed by atoms with Crippen LogP contribution in [0, 0.1) is 0 Å². The topological polar surface area (TPSA) is 52.9 Å². The van der Waals surface area contributed by atoms with Crippen LogP contribution in [0.15, 0.2) is 59.6 Å². The molecule has 0 amide bonds. The molecule has 2 aromatic rings. The van der Waals surface area contributed by atoms with Gasteiger partial charge in [-0.3, -0.25) is 9.79 Å². The maximum atomic E-state index is 12.6. The first-order chi connectivity index (χ1) is 11.2. The van der Waals surface area contributed by atoms with Gasteiger partial charge in [0.25, 0.3) is 0 Å². The number of thioether (sulfide) groups is 1. The lowest BCUT2D eigenvalue weighted by molar-refractivity contribution is 0.100. The second kappa shape index (κ2) is 7.33. The fraction of sp³-hybridized carbons (Fsp3) is 0.222.